The fourth-order valence-electron chi connectivity index (χ4n) is 5.44. The normalized spacial score (nSPS) is 15.9. The Morgan fingerprint density at radius 2 is 1.61 bits per heavy atom. The molecule has 0 spiro atoms. The first-order valence-corrected chi connectivity index (χ1v) is 11.7. The van der Waals surface area contributed by atoms with Crippen molar-refractivity contribution in [1.82, 2.24) is 10.3 Å². The van der Waals surface area contributed by atoms with Crippen LogP contribution in [0, 0.1) is 0 Å². The van der Waals surface area contributed by atoms with Crippen molar-refractivity contribution in [3.8, 4) is 11.1 Å². The molecule has 166 valence electrons. The van der Waals surface area contributed by atoms with Crippen molar-refractivity contribution >= 4 is 22.7 Å². The highest BCUT2D eigenvalue weighted by molar-refractivity contribution is 5.92. The van der Waals surface area contributed by atoms with Crippen LogP contribution in [0.1, 0.15) is 41.4 Å². The van der Waals surface area contributed by atoms with Crippen LogP contribution in [0.4, 0.5) is 10.5 Å². The van der Waals surface area contributed by atoms with Gasteiger partial charge in [-0.2, -0.15) is 0 Å². The van der Waals surface area contributed by atoms with Gasteiger partial charge in [0.15, 0.2) is 0 Å². The molecule has 1 fully saturated rings. The van der Waals surface area contributed by atoms with Gasteiger partial charge in [-0.1, -0.05) is 48.5 Å². The molecule has 6 rings (SSSR count). The number of carbonyl (C=O) groups excluding carboxylic acids is 1. The number of rotatable bonds is 4. The zero-order chi connectivity index (χ0) is 22.2. The lowest BCUT2D eigenvalue weighted by Crippen LogP contribution is -2.26. The van der Waals surface area contributed by atoms with Crippen LogP contribution in [0.2, 0.25) is 0 Å². The van der Waals surface area contributed by atoms with Crippen molar-refractivity contribution < 1.29 is 9.53 Å². The minimum Gasteiger partial charge on any atom is -0.448 e. The Morgan fingerprint density at radius 3 is 2.33 bits per heavy atom. The van der Waals surface area contributed by atoms with Crippen LogP contribution in [-0.2, 0) is 4.74 Å². The lowest BCUT2D eigenvalue weighted by molar-refractivity contribution is 0.158. The maximum Gasteiger partial charge on any atom is 0.411 e. The molecule has 2 heterocycles. The predicted octanol–water partition coefficient (Wildman–Crippen LogP) is 6.00. The summed E-state index contributed by atoms with van der Waals surface area (Å²) in [4.78, 5) is 16.1. The molecule has 1 saturated heterocycles. The first-order valence-electron chi connectivity index (χ1n) is 11.7. The van der Waals surface area contributed by atoms with Gasteiger partial charge >= 0.3 is 6.09 Å². The van der Waals surface area contributed by atoms with Crippen molar-refractivity contribution in [2.45, 2.75) is 24.7 Å². The number of hydrogen-bond acceptors (Lipinski definition) is 3. The Hall–Kier alpha value is -3.57. The van der Waals surface area contributed by atoms with E-state index in [1.165, 1.54) is 33.2 Å². The van der Waals surface area contributed by atoms with E-state index < -0.39 is 6.09 Å². The number of amides is 1. The second-order valence-corrected chi connectivity index (χ2v) is 8.98. The third-order valence-corrected chi connectivity index (χ3v) is 7.08. The lowest BCUT2D eigenvalue weighted by atomic mass is 9.90. The van der Waals surface area contributed by atoms with E-state index in [4.69, 9.17) is 4.74 Å². The maximum absolute atomic E-state index is 12.7. The number of carbonyl (C=O) groups is 1. The third kappa shape index (κ3) is 3.68. The van der Waals surface area contributed by atoms with Crippen molar-refractivity contribution in [3.05, 3.63) is 89.6 Å². The zero-order valence-corrected chi connectivity index (χ0v) is 18.4. The summed E-state index contributed by atoms with van der Waals surface area (Å²) in [5, 5.41) is 7.55. The number of hydrogen-bond donors (Lipinski definition) is 3. The van der Waals surface area contributed by atoms with Crippen LogP contribution in [0.3, 0.4) is 0 Å². The van der Waals surface area contributed by atoms with E-state index in [1.807, 2.05) is 24.3 Å². The first-order chi connectivity index (χ1) is 16.3. The molecule has 5 nitrogen and oxygen atoms in total. The zero-order valence-electron chi connectivity index (χ0n) is 18.4. The maximum atomic E-state index is 12.7. The molecule has 1 aliphatic heterocycles. The molecule has 0 radical (unpaired) electrons. The van der Waals surface area contributed by atoms with E-state index in [0.717, 1.165) is 37.1 Å². The van der Waals surface area contributed by atoms with E-state index in [2.05, 4.69) is 64.3 Å². The summed E-state index contributed by atoms with van der Waals surface area (Å²) >= 11 is 0. The molecule has 5 heteroatoms. The average Bonchev–Trinajstić information content (AvgIpc) is 3.42. The van der Waals surface area contributed by atoms with E-state index in [0.29, 0.717) is 12.5 Å². The van der Waals surface area contributed by atoms with Crippen LogP contribution in [0.25, 0.3) is 22.0 Å². The Labute approximate surface area is 193 Å². The highest BCUT2D eigenvalue weighted by Gasteiger charge is 2.29. The van der Waals surface area contributed by atoms with Gasteiger partial charge in [-0.05, 0) is 77.9 Å². The second-order valence-electron chi connectivity index (χ2n) is 8.98. The summed E-state index contributed by atoms with van der Waals surface area (Å²) in [5.74, 6) is 0.603. The van der Waals surface area contributed by atoms with E-state index >= 15 is 0 Å². The van der Waals surface area contributed by atoms with Crippen LogP contribution in [0.5, 0.6) is 0 Å². The molecule has 0 atom stereocenters. The summed E-state index contributed by atoms with van der Waals surface area (Å²) in [7, 11) is 0. The fourth-order valence-corrected chi connectivity index (χ4v) is 5.44. The van der Waals surface area contributed by atoms with Crippen molar-refractivity contribution in [3.63, 3.8) is 0 Å². The molecule has 1 aromatic heterocycles. The number of anilines is 1. The number of fused-ring (bicyclic) bond motifs is 4. The van der Waals surface area contributed by atoms with Gasteiger partial charge in [-0.3, -0.25) is 5.32 Å². The quantitative estimate of drug-likeness (QED) is 0.367. The minimum absolute atomic E-state index is 0.0572. The van der Waals surface area contributed by atoms with E-state index in [9.17, 15) is 4.79 Å². The fraction of sp³-hybridized carbons (Fsp3) is 0.250. The van der Waals surface area contributed by atoms with Crippen LogP contribution >= 0.6 is 0 Å². The summed E-state index contributed by atoms with van der Waals surface area (Å²) in [6, 6.07) is 22.7. The minimum atomic E-state index is -0.421. The number of piperidine rings is 1. The molecule has 2 aliphatic rings. The molecule has 0 bridgehead atoms. The molecular weight excluding hydrogens is 410 g/mol. The van der Waals surface area contributed by atoms with Gasteiger partial charge in [-0.15, -0.1) is 0 Å². The topological polar surface area (TPSA) is 66.2 Å². The summed E-state index contributed by atoms with van der Waals surface area (Å²) < 4.78 is 5.72. The van der Waals surface area contributed by atoms with Crippen LogP contribution in [-0.4, -0.2) is 30.8 Å². The molecule has 1 aliphatic carbocycles. The summed E-state index contributed by atoms with van der Waals surface area (Å²) in [5.41, 5.74) is 8.08. The Morgan fingerprint density at radius 1 is 0.909 bits per heavy atom. The van der Waals surface area contributed by atoms with Crippen LogP contribution in [0.15, 0.2) is 72.9 Å². The van der Waals surface area contributed by atoms with Crippen molar-refractivity contribution in [2.24, 2.45) is 0 Å². The molecule has 0 unspecified atom stereocenters. The largest absolute Gasteiger partial charge is 0.448 e. The molecule has 4 aromatic rings. The number of nitrogens with one attached hydrogen (secondary N) is 3. The Kier molecular flexibility index (Phi) is 5.11. The number of H-pyrrole nitrogens is 1. The number of benzene rings is 3. The van der Waals surface area contributed by atoms with Gasteiger partial charge in [0.05, 0.1) is 0 Å². The molecular formula is C28H27N3O2. The Bertz CT molecular complexity index is 1270. The second kappa shape index (κ2) is 8.41. The number of aromatic nitrogens is 1. The molecule has 0 saturated carbocycles. The summed E-state index contributed by atoms with van der Waals surface area (Å²) in [6.07, 6.45) is 3.97. The van der Waals surface area contributed by atoms with Crippen molar-refractivity contribution in [1.29, 1.82) is 0 Å². The third-order valence-electron chi connectivity index (χ3n) is 7.08. The van der Waals surface area contributed by atoms with Gasteiger partial charge in [0.1, 0.15) is 6.61 Å². The summed E-state index contributed by atoms with van der Waals surface area (Å²) in [6.45, 7) is 2.41. The smallest absolute Gasteiger partial charge is 0.411 e. The predicted molar refractivity (Wildman–Crippen MR) is 132 cm³/mol. The van der Waals surface area contributed by atoms with Gasteiger partial charge in [0.2, 0.25) is 0 Å². The average molecular weight is 438 g/mol. The van der Waals surface area contributed by atoms with E-state index in [-0.39, 0.29) is 5.92 Å². The standard InChI is InChI=1S/C28H27N3O2/c32-28(33-17-26-22-7-3-1-5-20(22)21-6-2-4-8-23(21)26)31-19-9-10-27-24(15-19)25(16-30-27)18-11-13-29-14-12-18/h1-10,15-16,18,26,29-30H,11-14,17H2,(H,31,32). The van der Waals surface area contributed by atoms with Gasteiger partial charge < -0.3 is 15.0 Å². The highest BCUT2D eigenvalue weighted by atomic mass is 16.5. The monoisotopic (exact) mass is 437 g/mol. The lowest BCUT2D eigenvalue weighted by Gasteiger charge is -2.22. The Balaban J connectivity index is 1.17. The van der Waals surface area contributed by atoms with Gasteiger partial charge in [0, 0.05) is 28.7 Å². The molecule has 3 aromatic carbocycles. The molecule has 33 heavy (non-hydrogen) atoms. The van der Waals surface area contributed by atoms with E-state index in [1.54, 1.807) is 0 Å². The number of ether oxygens (including phenoxy) is 1. The van der Waals surface area contributed by atoms with Gasteiger partial charge in [-0.25, -0.2) is 4.79 Å². The van der Waals surface area contributed by atoms with Gasteiger partial charge in [0.25, 0.3) is 0 Å². The van der Waals surface area contributed by atoms with Crippen LogP contribution < -0.4 is 10.6 Å². The first kappa shape index (κ1) is 20.1. The number of aromatic amines is 1. The SMILES string of the molecule is O=C(Nc1ccc2[nH]cc(C3CCNCC3)c2c1)OCC1c2ccccc2-c2ccccc21. The highest BCUT2D eigenvalue weighted by Crippen LogP contribution is 2.44. The molecule has 1 amide bonds. The molecule has 3 N–H and O–H groups in total. The van der Waals surface area contributed by atoms with Crippen molar-refractivity contribution in [2.75, 3.05) is 25.0 Å².